The Morgan fingerprint density at radius 1 is 1.03 bits per heavy atom. The monoisotopic (exact) mass is 410 g/mol. The smallest absolute Gasteiger partial charge is 0.295 e. The number of hydrogen-bond acceptors (Lipinski definition) is 6. The van der Waals surface area contributed by atoms with Gasteiger partial charge < -0.3 is 24.4 Å². The first-order chi connectivity index (χ1) is 14.4. The number of carbonyl (C=O) groups excluding carboxylic acids is 2. The van der Waals surface area contributed by atoms with Gasteiger partial charge in [0, 0.05) is 18.7 Å². The molecule has 1 saturated heterocycles. The van der Waals surface area contributed by atoms with E-state index in [0.717, 1.165) is 0 Å². The molecule has 2 aromatic carbocycles. The Morgan fingerprint density at radius 3 is 2.30 bits per heavy atom. The van der Waals surface area contributed by atoms with Gasteiger partial charge in [-0.15, -0.1) is 0 Å². The van der Waals surface area contributed by atoms with E-state index in [1.165, 1.54) is 4.90 Å². The van der Waals surface area contributed by atoms with Crippen molar-refractivity contribution in [3.63, 3.8) is 0 Å². The molecule has 0 bridgehead atoms. The molecule has 0 aliphatic carbocycles. The second kappa shape index (κ2) is 9.00. The van der Waals surface area contributed by atoms with Gasteiger partial charge in [-0.3, -0.25) is 9.59 Å². The van der Waals surface area contributed by atoms with Crippen molar-refractivity contribution in [2.24, 2.45) is 0 Å². The van der Waals surface area contributed by atoms with E-state index in [4.69, 9.17) is 9.47 Å². The number of aliphatic hydroxyl groups excluding tert-OH is 1. The Kier molecular flexibility index (Phi) is 6.42. The number of ether oxygens (including phenoxy) is 2. The zero-order valence-electron chi connectivity index (χ0n) is 17.6. The van der Waals surface area contributed by atoms with Gasteiger partial charge in [-0.25, -0.2) is 0 Å². The van der Waals surface area contributed by atoms with Gasteiger partial charge in [0.05, 0.1) is 25.8 Å². The minimum absolute atomic E-state index is 0.0668. The molecule has 1 N–H and O–H groups in total. The largest absolute Gasteiger partial charge is 0.507 e. The first kappa shape index (κ1) is 21.4. The van der Waals surface area contributed by atoms with Gasteiger partial charge in [0.2, 0.25) is 0 Å². The standard InChI is InChI=1S/C23H26N2O5/c1-24(2)12-13-25-20(16-6-5-7-18(14-16)30-4)19(22(27)23(25)28)21(26)15-8-10-17(29-3)11-9-15/h5-11,14,20,26H,12-13H2,1-4H3/b21-19-. The van der Waals surface area contributed by atoms with Crippen molar-refractivity contribution >= 4 is 17.4 Å². The molecule has 0 aromatic heterocycles. The third-order valence-corrected chi connectivity index (χ3v) is 5.10. The van der Waals surface area contributed by atoms with Gasteiger partial charge in [0.25, 0.3) is 11.7 Å². The quantitative estimate of drug-likeness (QED) is 0.430. The maximum atomic E-state index is 13.0. The summed E-state index contributed by atoms with van der Waals surface area (Å²) in [6.07, 6.45) is 0. The molecule has 1 fully saturated rings. The minimum Gasteiger partial charge on any atom is -0.507 e. The number of methoxy groups -OCH3 is 2. The molecular formula is C23H26N2O5. The number of aliphatic hydroxyl groups is 1. The van der Waals surface area contributed by atoms with Crippen molar-refractivity contribution in [2.75, 3.05) is 41.4 Å². The van der Waals surface area contributed by atoms with Crippen LogP contribution in [-0.2, 0) is 9.59 Å². The van der Waals surface area contributed by atoms with Gasteiger partial charge in [-0.1, -0.05) is 12.1 Å². The molecular weight excluding hydrogens is 384 g/mol. The highest BCUT2D eigenvalue weighted by molar-refractivity contribution is 6.46. The number of carbonyl (C=O) groups is 2. The maximum absolute atomic E-state index is 13.0. The van der Waals surface area contributed by atoms with Gasteiger partial charge in [-0.2, -0.15) is 0 Å². The maximum Gasteiger partial charge on any atom is 0.295 e. The molecule has 1 atom stereocenters. The van der Waals surface area contributed by atoms with Crippen LogP contribution in [0.25, 0.3) is 5.76 Å². The van der Waals surface area contributed by atoms with E-state index >= 15 is 0 Å². The summed E-state index contributed by atoms with van der Waals surface area (Å²) in [6, 6.07) is 13.2. The normalized spacial score (nSPS) is 18.2. The summed E-state index contributed by atoms with van der Waals surface area (Å²) in [5.41, 5.74) is 1.20. The molecule has 158 valence electrons. The molecule has 30 heavy (non-hydrogen) atoms. The summed E-state index contributed by atoms with van der Waals surface area (Å²) < 4.78 is 10.5. The topological polar surface area (TPSA) is 79.3 Å². The van der Waals surface area contributed by atoms with E-state index in [-0.39, 0.29) is 11.3 Å². The Morgan fingerprint density at radius 2 is 1.70 bits per heavy atom. The Balaban J connectivity index is 2.13. The summed E-state index contributed by atoms with van der Waals surface area (Å²) >= 11 is 0. The number of rotatable bonds is 7. The van der Waals surface area contributed by atoms with Crippen molar-refractivity contribution in [1.29, 1.82) is 0 Å². The van der Waals surface area contributed by atoms with Crippen LogP contribution in [0.2, 0.25) is 0 Å². The van der Waals surface area contributed by atoms with Gasteiger partial charge in [-0.05, 0) is 56.1 Å². The molecule has 1 heterocycles. The van der Waals surface area contributed by atoms with Crippen LogP contribution in [0.3, 0.4) is 0 Å². The lowest BCUT2D eigenvalue weighted by molar-refractivity contribution is -0.140. The van der Waals surface area contributed by atoms with Crippen molar-refractivity contribution < 1.29 is 24.2 Å². The van der Waals surface area contributed by atoms with Crippen molar-refractivity contribution in [3.8, 4) is 11.5 Å². The summed E-state index contributed by atoms with van der Waals surface area (Å²) in [5, 5.41) is 11.0. The number of nitrogens with zero attached hydrogens (tertiary/aromatic N) is 2. The number of likely N-dealkylation sites (N-methyl/N-ethyl adjacent to an activating group) is 1. The lowest BCUT2D eigenvalue weighted by atomic mass is 9.95. The van der Waals surface area contributed by atoms with Crippen LogP contribution >= 0.6 is 0 Å². The SMILES string of the molecule is COc1ccc(/C(O)=C2/C(=O)C(=O)N(CCN(C)C)C2c2cccc(OC)c2)cc1. The summed E-state index contributed by atoms with van der Waals surface area (Å²) in [4.78, 5) is 29.3. The minimum atomic E-state index is -0.706. The molecule has 1 unspecified atom stereocenters. The Labute approximate surface area is 176 Å². The Hall–Kier alpha value is -3.32. The molecule has 2 aromatic rings. The van der Waals surface area contributed by atoms with E-state index in [0.29, 0.717) is 35.7 Å². The van der Waals surface area contributed by atoms with E-state index in [1.807, 2.05) is 25.1 Å². The summed E-state index contributed by atoms with van der Waals surface area (Å²) in [6.45, 7) is 0.926. The van der Waals surface area contributed by atoms with Gasteiger partial charge >= 0.3 is 0 Å². The first-order valence-electron chi connectivity index (χ1n) is 9.59. The zero-order valence-corrected chi connectivity index (χ0v) is 17.6. The molecule has 1 amide bonds. The second-order valence-electron chi connectivity index (χ2n) is 7.30. The average Bonchev–Trinajstić information content (AvgIpc) is 3.02. The number of amides is 1. The lowest BCUT2D eigenvalue weighted by Gasteiger charge is -2.26. The lowest BCUT2D eigenvalue weighted by Crippen LogP contribution is -2.35. The molecule has 7 heteroatoms. The first-order valence-corrected chi connectivity index (χ1v) is 9.59. The molecule has 7 nitrogen and oxygen atoms in total. The van der Waals surface area contributed by atoms with Crippen molar-refractivity contribution in [2.45, 2.75) is 6.04 Å². The number of ketones is 1. The van der Waals surface area contributed by atoms with Crippen LogP contribution < -0.4 is 9.47 Å². The predicted molar refractivity (Wildman–Crippen MR) is 114 cm³/mol. The highest BCUT2D eigenvalue weighted by Crippen LogP contribution is 2.40. The zero-order chi connectivity index (χ0) is 21.8. The van der Waals surface area contributed by atoms with Crippen LogP contribution in [0, 0.1) is 0 Å². The predicted octanol–water partition coefficient (Wildman–Crippen LogP) is 2.69. The van der Waals surface area contributed by atoms with Crippen LogP contribution in [0.1, 0.15) is 17.2 Å². The molecule has 0 spiro atoms. The molecule has 1 aliphatic rings. The fraction of sp³-hybridized carbons (Fsp3) is 0.304. The number of likely N-dealkylation sites (tertiary alicyclic amines) is 1. The molecule has 3 rings (SSSR count). The van der Waals surface area contributed by atoms with Gasteiger partial charge in [0.15, 0.2) is 0 Å². The van der Waals surface area contributed by atoms with Crippen LogP contribution in [-0.4, -0.2) is 68.0 Å². The fourth-order valence-corrected chi connectivity index (χ4v) is 3.48. The fourth-order valence-electron chi connectivity index (χ4n) is 3.48. The van der Waals surface area contributed by atoms with Crippen LogP contribution in [0.4, 0.5) is 0 Å². The molecule has 0 saturated carbocycles. The Bertz CT molecular complexity index is 966. The number of benzene rings is 2. The van der Waals surface area contributed by atoms with E-state index < -0.39 is 17.7 Å². The highest BCUT2D eigenvalue weighted by Gasteiger charge is 2.46. The highest BCUT2D eigenvalue weighted by atomic mass is 16.5. The van der Waals surface area contributed by atoms with Crippen LogP contribution in [0.5, 0.6) is 11.5 Å². The van der Waals surface area contributed by atoms with Crippen LogP contribution in [0.15, 0.2) is 54.1 Å². The van der Waals surface area contributed by atoms with E-state index in [1.54, 1.807) is 56.7 Å². The van der Waals surface area contributed by atoms with Crippen molar-refractivity contribution in [1.82, 2.24) is 9.80 Å². The van der Waals surface area contributed by atoms with E-state index in [2.05, 4.69) is 0 Å². The van der Waals surface area contributed by atoms with Gasteiger partial charge in [0.1, 0.15) is 17.3 Å². The van der Waals surface area contributed by atoms with Crippen molar-refractivity contribution in [3.05, 3.63) is 65.2 Å². The average molecular weight is 410 g/mol. The molecule has 1 aliphatic heterocycles. The third kappa shape index (κ3) is 4.16. The molecule has 0 radical (unpaired) electrons. The summed E-state index contributed by atoms with van der Waals surface area (Å²) in [7, 11) is 6.90. The van der Waals surface area contributed by atoms with E-state index in [9.17, 15) is 14.7 Å². The third-order valence-electron chi connectivity index (χ3n) is 5.10. The number of Topliss-reactive ketones (excluding diaryl/α,β-unsaturated/α-hetero) is 1. The second-order valence-corrected chi connectivity index (χ2v) is 7.30. The summed E-state index contributed by atoms with van der Waals surface area (Å²) in [5.74, 6) is -0.303. The number of hydrogen-bond donors (Lipinski definition) is 1.